The van der Waals surface area contributed by atoms with Crippen LogP contribution in [0, 0.1) is 17.2 Å². The van der Waals surface area contributed by atoms with Crippen LogP contribution in [0.3, 0.4) is 0 Å². The number of halogens is 2. The Balaban J connectivity index is 2.97. The Morgan fingerprint density at radius 3 is 2.63 bits per heavy atom. The highest BCUT2D eigenvalue weighted by Crippen LogP contribution is 2.30. The van der Waals surface area contributed by atoms with E-state index in [-0.39, 0.29) is 29.3 Å². The Hall–Kier alpha value is -2.16. The Labute approximate surface area is 109 Å². The molecular weight excluding hydrogens is 256 g/mol. The summed E-state index contributed by atoms with van der Waals surface area (Å²) >= 11 is 0. The molecule has 102 valence electrons. The van der Waals surface area contributed by atoms with E-state index in [9.17, 15) is 13.6 Å². The molecule has 0 heterocycles. The van der Waals surface area contributed by atoms with Crippen molar-refractivity contribution in [2.45, 2.75) is 20.0 Å². The van der Waals surface area contributed by atoms with E-state index in [0.717, 1.165) is 0 Å². The molecule has 0 spiro atoms. The zero-order valence-electron chi connectivity index (χ0n) is 10.5. The molecule has 0 saturated carbocycles. The van der Waals surface area contributed by atoms with Crippen LogP contribution >= 0.6 is 0 Å². The molecule has 0 aliphatic carbocycles. The predicted molar refractivity (Wildman–Crippen MR) is 63.4 cm³/mol. The Morgan fingerprint density at radius 2 is 2.11 bits per heavy atom. The molecular formula is C13H13F2NO3. The summed E-state index contributed by atoms with van der Waals surface area (Å²) in [5.74, 6) is -0.831. The van der Waals surface area contributed by atoms with Gasteiger partial charge < -0.3 is 9.47 Å². The summed E-state index contributed by atoms with van der Waals surface area (Å²) in [7, 11) is 1.31. The molecule has 4 nitrogen and oxygen atoms in total. The van der Waals surface area contributed by atoms with Gasteiger partial charge in [0.1, 0.15) is 0 Å². The van der Waals surface area contributed by atoms with Gasteiger partial charge >= 0.3 is 6.61 Å². The molecule has 1 unspecified atom stereocenters. The molecule has 0 aromatic heterocycles. The third-order valence-corrected chi connectivity index (χ3v) is 2.41. The van der Waals surface area contributed by atoms with Gasteiger partial charge in [0.2, 0.25) is 0 Å². The molecule has 0 amide bonds. The quantitative estimate of drug-likeness (QED) is 0.745. The average Bonchev–Trinajstić information content (AvgIpc) is 2.37. The molecule has 1 atom stereocenters. The number of carbonyl (C=O) groups excluding carboxylic acids is 1. The van der Waals surface area contributed by atoms with E-state index in [1.807, 2.05) is 6.07 Å². The number of rotatable bonds is 6. The zero-order valence-corrected chi connectivity index (χ0v) is 10.5. The Morgan fingerprint density at radius 1 is 1.42 bits per heavy atom. The first-order valence-electron chi connectivity index (χ1n) is 5.53. The van der Waals surface area contributed by atoms with Crippen LogP contribution in [0.15, 0.2) is 18.2 Å². The van der Waals surface area contributed by atoms with Crippen molar-refractivity contribution in [3.05, 3.63) is 23.8 Å². The van der Waals surface area contributed by atoms with Crippen molar-refractivity contribution in [3.8, 4) is 17.6 Å². The van der Waals surface area contributed by atoms with Crippen molar-refractivity contribution in [1.82, 2.24) is 0 Å². The number of nitriles is 1. The van der Waals surface area contributed by atoms with Gasteiger partial charge in [-0.05, 0) is 25.1 Å². The number of methoxy groups -OCH3 is 1. The fourth-order valence-corrected chi connectivity index (χ4v) is 1.48. The average molecular weight is 269 g/mol. The van der Waals surface area contributed by atoms with Crippen LogP contribution in [0.25, 0.3) is 0 Å². The number of carbonyl (C=O) groups is 1. The van der Waals surface area contributed by atoms with Crippen molar-refractivity contribution < 1.29 is 23.0 Å². The lowest BCUT2D eigenvalue weighted by molar-refractivity contribution is -0.0512. The number of benzene rings is 1. The second-order valence-electron chi connectivity index (χ2n) is 3.90. The zero-order chi connectivity index (χ0) is 14.4. The number of hydrogen-bond donors (Lipinski definition) is 0. The van der Waals surface area contributed by atoms with Gasteiger partial charge in [-0.25, -0.2) is 0 Å². The number of nitrogens with zero attached hydrogens (tertiary/aromatic N) is 1. The number of ketones is 1. The highest BCUT2D eigenvalue weighted by Gasteiger charge is 2.16. The number of alkyl halides is 2. The highest BCUT2D eigenvalue weighted by atomic mass is 19.3. The van der Waals surface area contributed by atoms with Crippen LogP contribution in [-0.4, -0.2) is 19.5 Å². The van der Waals surface area contributed by atoms with E-state index >= 15 is 0 Å². The second-order valence-corrected chi connectivity index (χ2v) is 3.90. The summed E-state index contributed by atoms with van der Waals surface area (Å²) < 4.78 is 33.6. The molecule has 1 aromatic carbocycles. The second kappa shape index (κ2) is 6.69. The van der Waals surface area contributed by atoms with Crippen LogP contribution in [0.1, 0.15) is 23.7 Å². The van der Waals surface area contributed by atoms with Gasteiger partial charge in [0.25, 0.3) is 0 Å². The van der Waals surface area contributed by atoms with Crippen molar-refractivity contribution in [2.24, 2.45) is 5.92 Å². The summed E-state index contributed by atoms with van der Waals surface area (Å²) in [6.07, 6.45) is 0.0247. The Kier molecular flexibility index (Phi) is 5.24. The lowest BCUT2D eigenvalue weighted by atomic mass is 10.0. The SMILES string of the molecule is COc1ccc(C(=O)CC(C)C#N)cc1OC(F)F. The van der Waals surface area contributed by atoms with E-state index < -0.39 is 12.5 Å². The van der Waals surface area contributed by atoms with Gasteiger partial charge in [0.15, 0.2) is 17.3 Å². The van der Waals surface area contributed by atoms with Gasteiger partial charge in [-0.2, -0.15) is 14.0 Å². The number of ether oxygens (including phenoxy) is 2. The van der Waals surface area contributed by atoms with Gasteiger partial charge in [-0.3, -0.25) is 4.79 Å². The minimum absolute atomic E-state index is 0.0247. The van der Waals surface area contributed by atoms with E-state index in [0.29, 0.717) is 0 Å². The molecule has 0 fully saturated rings. The van der Waals surface area contributed by atoms with Gasteiger partial charge in [0, 0.05) is 12.0 Å². The van der Waals surface area contributed by atoms with Crippen LogP contribution < -0.4 is 9.47 Å². The molecule has 0 saturated heterocycles. The molecule has 1 rings (SSSR count). The maximum Gasteiger partial charge on any atom is 0.387 e. The number of Topliss-reactive ketones (excluding diaryl/α,β-unsaturated/α-hetero) is 1. The van der Waals surface area contributed by atoms with Crippen LogP contribution in [-0.2, 0) is 0 Å². The predicted octanol–water partition coefficient (Wildman–Crippen LogP) is 3.03. The largest absolute Gasteiger partial charge is 0.493 e. The first-order chi connectivity index (χ1) is 8.97. The van der Waals surface area contributed by atoms with Crippen molar-refractivity contribution >= 4 is 5.78 Å². The standard InChI is InChI=1S/C13H13F2NO3/c1-8(7-16)5-10(17)9-3-4-11(18-2)12(6-9)19-13(14)15/h3-4,6,8,13H,5H2,1-2H3. The Bertz CT molecular complexity index is 497. The molecule has 0 radical (unpaired) electrons. The van der Waals surface area contributed by atoms with Gasteiger partial charge in [-0.15, -0.1) is 0 Å². The fraction of sp³-hybridized carbons (Fsp3) is 0.385. The maximum atomic E-state index is 12.2. The summed E-state index contributed by atoms with van der Waals surface area (Å²) in [6.45, 7) is -1.39. The fourth-order valence-electron chi connectivity index (χ4n) is 1.48. The van der Waals surface area contributed by atoms with E-state index in [1.165, 1.54) is 25.3 Å². The van der Waals surface area contributed by atoms with Gasteiger partial charge in [-0.1, -0.05) is 0 Å². The monoisotopic (exact) mass is 269 g/mol. The lowest BCUT2D eigenvalue weighted by Gasteiger charge is -2.11. The smallest absolute Gasteiger partial charge is 0.387 e. The first kappa shape index (κ1) is 14.9. The highest BCUT2D eigenvalue weighted by molar-refractivity contribution is 5.97. The van der Waals surface area contributed by atoms with Crippen LogP contribution in [0.5, 0.6) is 11.5 Å². The third kappa shape index (κ3) is 4.21. The third-order valence-electron chi connectivity index (χ3n) is 2.41. The summed E-state index contributed by atoms with van der Waals surface area (Å²) in [4.78, 5) is 11.8. The van der Waals surface area contributed by atoms with Crippen molar-refractivity contribution in [2.75, 3.05) is 7.11 Å². The van der Waals surface area contributed by atoms with E-state index in [2.05, 4.69) is 4.74 Å². The van der Waals surface area contributed by atoms with E-state index in [4.69, 9.17) is 10.00 Å². The molecule has 0 aliphatic heterocycles. The van der Waals surface area contributed by atoms with E-state index in [1.54, 1.807) is 6.92 Å². The van der Waals surface area contributed by atoms with Crippen molar-refractivity contribution in [3.63, 3.8) is 0 Å². The van der Waals surface area contributed by atoms with Crippen LogP contribution in [0.4, 0.5) is 8.78 Å². The lowest BCUT2D eigenvalue weighted by Crippen LogP contribution is -2.07. The molecule has 0 aliphatic rings. The minimum Gasteiger partial charge on any atom is -0.493 e. The summed E-state index contributed by atoms with van der Waals surface area (Å²) in [5, 5.41) is 8.64. The topological polar surface area (TPSA) is 59.3 Å². The molecule has 6 heteroatoms. The van der Waals surface area contributed by atoms with Gasteiger partial charge in [0.05, 0.1) is 19.1 Å². The summed E-state index contributed by atoms with van der Waals surface area (Å²) in [5.41, 5.74) is 0.207. The molecule has 0 N–H and O–H groups in total. The normalized spacial score (nSPS) is 11.8. The van der Waals surface area contributed by atoms with Crippen LogP contribution in [0.2, 0.25) is 0 Å². The minimum atomic E-state index is -3.00. The summed E-state index contributed by atoms with van der Waals surface area (Å²) in [6, 6.07) is 5.96. The first-order valence-corrected chi connectivity index (χ1v) is 5.53. The molecule has 1 aromatic rings. The maximum absolute atomic E-state index is 12.2. The molecule has 19 heavy (non-hydrogen) atoms. The molecule has 0 bridgehead atoms. The van der Waals surface area contributed by atoms with Crippen molar-refractivity contribution in [1.29, 1.82) is 5.26 Å². The number of hydrogen-bond acceptors (Lipinski definition) is 4.